The molecule has 1 saturated carbocycles. The maximum atomic E-state index is 6.00. The van der Waals surface area contributed by atoms with Gasteiger partial charge in [-0.2, -0.15) is 0 Å². The van der Waals surface area contributed by atoms with Gasteiger partial charge in [-0.3, -0.25) is 0 Å². The molecule has 1 aliphatic carbocycles. The number of hydrogen-bond donors (Lipinski definition) is 1. The molecule has 17 heavy (non-hydrogen) atoms. The van der Waals surface area contributed by atoms with Crippen LogP contribution in [-0.2, 0) is 0 Å². The average molecular weight is 246 g/mol. The van der Waals surface area contributed by atoms with Crippen LogP contribution in [0.5, 0.6) is 0 Å². The van der Waals surface area contributed by atoms with E-state index in [0.717, 1.165) is 12.2 Å². The zero-order chi connectivity index (χ0) is 11.7. The molecule has 0 saturated heterocycles. The van der Waals surface area contributed by atoms with Crippen molar-refractivity contribution in [2.45, 2.75) is 18.4 Å². The first-order chi connectivity index (χ1) is 8.34. The Labute approximate surface area is 105 Å². The van der Waals surface area contributed by atoms with Crippen LogP contribution in [-0.4, -0.2) is 16.0 Å². The number of halogens is 1. The highest BCUT2D eigenvalue weighted by atomic mass is 35.5. The summed E-state index contributed by atoms with van der Waals surface area (Å²) in [5, 5.41) is 3.92. The van der Waals surface area contributed by atoms with E-state index in [9.17, 15) is 0 Å². The van der Waals surface area contributed by atoms with Gasteiger partial charge in [-0.1, -0.05) is 41.9 Å². The van der Waals surface area contributed by atoms with Gasteiger partial charge in [0.2, 0.25) is 0 Å². The molecule has 2 aromatic rings. The highest BCUT2D eigenvalue weighted by molar-refractivity contribution is 6.32. The van der Waals surface area contributed by atoms with E-state index >= 15 is 0 Å². The van der Waals surface area contributed by atoms with E-state index in [1.54, 1.807) is 6.20 Å². The fourth-order valence-corrected chi connectivity index (χ4v) is 2.18. The minimum absolute atomic E-state index is 0.435. The van der Waals surface area contributed by atoms with Gasteiger partial charge in [0, 0.05) is 12.0 Å². The van der Waals surface area contributed by atoms with Crippen molar-refractivity contribution < 1.29 is 0 Å². The minimum atomic E-state index is 0.435. The predicted molar refractivity (Wildman–Crippen MR) is 68.3 cm³/mol. The Morgan fingerprint density at radius 3 is 2.82 bits per heavy atom. The summed E-state index contributed by atoms with van der Waals surface area (Å²) >= 11 is 6.00. The molecule has 0 spiro atoms. The zero-order valence-electron chi connectivity index (χ0n) is 9.18. The SMILES string of the molecule is Clc1cncnc1NC1CC1c1ccccc1. The Bertz CT molecular complexity index is 515. The molecule has 3 nitrogen and oxygen atoms in total. The molecule has 1 fully saturated rings. The summed E-state index contributed by atoms with van der Waals surface area (Å²) < 4.78 is 0. The third kappa shape index (κ3) is 2.24. The van der Waals surface area contributed by atoms with Gasteiger partial charge in [0.05, 0.1) is 6.20 Å². The standard InChI is InChI=1S/C13H12ClN3/c14-11-7-15-8-16-13(11)17-12-6-10(12)9-4-2-1-3-5-9/h1-5,7-8,10,12H,6H2,(H,15,16,17). The first kappa shape index (κ1) is 10.5. The summed E-state index contributed by atoms with van der Waals surface area (Å²) in [6.07, 6.45) is 4.25. The number of nitrogens with one attached hydrogen (secondary N) is 1. The molecule has 2 atom stereocenters. The quantitative estimate of drug-likeness (QED) is 0.903. The summed E-state index contributed by atoms with van der Waals surface area (Å²) in [5.41, 5.74) is 1.37. The number of hydrogen-bond acceptors (Lipinski definition) is 3. The van der Waals surface area contributed by atoms with Gasteiger partial charge in [-0.05, 0) is 12.0 Å². The first-order valence-corrected chi connectivity index (χ1v) is 5.99. The molecule has 4 heteroatoms. The zero-order valence-corrected chi connectivity index (χ0v) is 9.93. The largest absolute Gasteiger partial charge is 0.365 e. The van der Waals surface area contributed by atoms with Crippen LogP contribution < -0.4 is 5.32 Å². The molecule has 3 rings (SSSR count). The van der Waals surface area contributed by atoms with Gasteiger partial charge in [-0.15, -0.1) is 0 Å². The second-order valence-electron chi connectivity index (χ2n) is 4.22. The van der Waals surface area contributed by atoms with Gasteiger partial charge in [0.15, 0.2) is 0 Å². The van der Waals surface area contributed by atoms with E-state index in [4.69, 9.17) is 11.6 Å². The second-order valence-corrected chi connectivity index (χ2v) is 4.63. The first-order valence-electron chi connectivity index (χ1n) is 5.61. The lowest BCUT2D eigenvalue weighted by Crippen LogP contribution is -2.06. The lowest BCUT2D eigenvalue weighted by molar-refractivity contribution is 1.02. The molecule has 1 heterocycles. The number of nitrogens with zero attached hydrogens (tertiary/aromatic N) is 2. The van der Waals surface area contributed by atoms with Gasteiger partial charge < -0.3 is 5.32 Å². The van der Waals surface area contributed by atoms with E-state index in [1.165, 1.54) is 11.9 Å². The smallest absolute Gasteiger partial charge is 0.148 e. The molecule has 1 N–H and O–H groups in total. The van der Waals surface area contributed by atoms with Crippen LogP contribution in [0.4, 0.5) is 5.82 Å². The van der Waals surface area contributed by atoms with Crippen molar-refractivity contribution in [2.75, 3.05) is 5.32 Å². The lowest BCUT2D eigenvalue weighted by atomic mass is 10.1. The molecule has 0 bridgehead atoms. The van der Waals surface area contributed by atoms with E-state index in [-0.39, 0.29) is 0 Å². The van der Waals surface area contributed by atoms with Gasteiger partial charge in [0.1, 0.15) is 17.2 Å². The Kier molecular flexibility index (Phi) is 2.69. The van der Waals surface area contributed by atoms with Crippen molar-refractivity contribution in [1.29, 1.82) is 0 Å². The van der Waals surface area contributed by atoms with Gasteiger partial charge >= 0.3 is 0 Å². The van der Waals surface area contributed by atoms with Crippen LogP contribution in [0, 0.1) is 0 Å². The molecule has 1 aromatic heterocycles. The van der Waals surface area contributed by atoms with Crippen molar-refractivity contribution in [1.82, 2.24) is 9.97 Å². The van der Waals surface area contributed by atoms with Crippen LogP contribution in [0.2, 0.25) is 5.02 Å². The normalized spacial score (nSPS) is 22.2. The lowest BCUT2D eigenvalue weighted by Gasteiger charge is -2.06. The van der Waals surface area contributed by atoms with Gasteiger partial charge in [0.25, 0.3) is 0 Å². The number of anilines is 1. The van der Waals surface area contributed by atoms with E-state index in [2.05, 4.69) is 39.6 Å². The van der Waals surface area contributed by atoms with E-state index < -0.39 is 0 Å². The molecular weight excluding hydrogens is 234 g/mol. The van der Waals surface area contributed by atoms with Crippen molar-refractivity contribution in [3.05, 3.63) is 53.4 Å². The van der Waals surface area contributed by atoms with E-state index in [0.29, 0.717) is 17.0 Å². The van der Waals surface area contributed by atoms with Gasteiger partial charge in [-0.25, -0.2) is 9.97 Å². The summed E-state index contributed by atoms with van der Waals surface area (Å²) in [6, 6.07) is 10.9. The Morgan fingerprint density at radius 2 is 2.06 bits per heavy atom. The van der Waals surface area contributed by atoms with Crippen molar-refractivity contribution >= 4 is 17.4 Å². The third-order valence-corrected chi connectivity index (χ3v) is 3.28. The molecule has 1 aliphatic rings. The molecule has 0 aliphatic heterocycles. The molecule has 0 radical (unpaired) electrons. The molecular formula is C13H12ClN3. The summed E-state index contributed by atoms with van der Waals surface area (Å²) in [4.78, 5) is 8.00. The summed E-state index contributed by atoms with van der Waals surface area (Å²) in [6.45, 7) is 0. The van der Waals surface area contributed by atoms with Crippen molar-refractivity contribution in [3.8, 4) is 0 Å². The fourth-order valence-electron chi connectivity index (χ4n) is 2.02. The molecule has 86 valence electrons. The molecule has 1 aromatic carbocycles. The number of benzene rings is 1. The average Bonchev–Trinajstić information content (AvgIpc) is 3.13. The third-order valence-electron chi connectivity index (χ3n) is 3.01. The van der Waals surface area contributed by atoms with Crippen LogP contribution in [0.1, 0.15) is 17.9 Å². The molecule has 0 amide bonds. The Morgan fingerprint density at radius 1 is 1.24 bits per heavy atom. The highest BCUT2D eigenvalue weighted by Gasteiger charge is 2.38. The topological polar surface area (TPSA) is 37.8 Å². The predicted octanol–water partition coefficient (Wildman–Crippen LogP) is 3.10. The Hall–Kier alpha value is -1.61. The maximum absolute atomic E-state index is 6.00. The van der Waals surface area contributed by atoms with Crippen molar-refractivity contribution in [2.24, 2.45) is 0 Å². The summed E-state index contributed by atoms with van der Waals surface area (Å²) in [5.74, 6) is 1.30. The fraction of sp³-hybridized carbons (Fsp3) is 0.231. The molecule has 2 unspecified atom stereocenters. The van der Waals surface area contributed by atoms with Crippen LogP contribution in [0.15, 0.2) is 42.9 Å². The Balaban J connectivity index is 1.69. The van der Waals surface area contributed by atoms with Crippen molar-refractivity contribution in [3.63, 3.8) is 0 Å². The van der Waals surface area contributed by atoms with Crippen LogP contribution in [0.25, 0.3) is 0 Å². The minimum Gasteiger partial charge on any atom is -0.365 e. The highest BCUT2D eigenvalue weighted by Crippen LogP contribution is 2.42. The monoisotopic (exact) mass is 245 g/mol. The maximum Gasteiger partial charge on any atom is 0.148 e. The number of rotatable bonds is 3. The summed E-state index contributed by atoms with van der Waals surface area (Å²) in [7, 11) is 0. The number of aromatic nitrogens is 2. The van der Waals surface area contributed by atoms with E-state index in [1.807, 2.05) is 6.07 Å². The van der Waals surface area contributed by atoms with Crippen LogP contribution in [0.3, 0.4) is 0 Å². The second kappa shape index (κ2) is 4.34. The van der Waals surface area contributed by atoms with Crippen LogP contribution >= 0.6 is 11.6 Å².